The maximum Gasteiger partial charge on any atom is 0.274 e. The molecule has 0 spiro atoms. The van der Waals surface area contributed by atoms with Gasteiger partial charge in [0.2, 0.25) is 0 Å². The Morgan fingerprint density at radius 2 is 2.75 bits per heavy atom. The van der Waals surface area contributed by atoms with Gasteiger partial charge in [-0.25, -0.2) is 4.99 Å². The van der Waals surface area contributed by atoms with E-state index >= 15 is 0 Å². The van der Waals surface area contributed by atoms with Gasteiger partial charge in [-0.15, -0.1) is 0 Å². The van der Waals surface area contributed by atoms with Crippen molar-refractivity contribution in [1.29, 1.82) is 0 Å². The van der Waals surface area contributed by atoms with E-state index in [1.165, 1.54) is 7.11 Å². The lowest BCUT2D eigenvalue weighted by molar-refractivity contribution is -0.125. The Labute approximate surface area is 47.4 Å². The summed E-state index contributed by atoms with van der Waals surface area (Å²) in [6.45, 7) is 0. The van der Waals surface area contributed by atoms with Crippen LogP contribution in [0.25, 0.3) is 0 Å². The molecule has 1 atom stereocenters. The Kier molecular flexibility index (Phi) is 1.39. The van der Waals surface area contributed by atoms with Gasteiger partial charge >= 0.3 is 0 Å². The van der Waals surface area contributed by atoms with Gasteiger partial charge in [0.05, 0.1) is 0 Å². The second-order valence-corrected chi connectivity index (χ2v) is 1.61. The van der Waals surface area contributed by atoms with Gasteiger partial charge in [-0.05, 0) is 0 Å². The molecule has 44 valence electrons. The fraction of sp³-hybridized carbons (Fsp3) is 0.600. The molecule has 0 saturated heterocycles. The average Bonchev–Trinajstić information content (AvgIpc) is 2.14. The van der Waals surface area contributed by atoms with Crippen molar-refractivity contribution >= 4 is 12.1 Å². The largest absolute Gasteiger partial charge is 0.371 e. The van der Waals surface area contributed by atoms with Gasteiger partial charge < -0.3 is 4.74 Å². The molecule has 0 radical (unpaired) electrons. The van der Waals surface area contributed by atoms with Crippen molar-refractivity contribution < 1.29 is 9.53 Å². The van der Waals surface area contributed by atoms with E-state index < -0.39 is 0 Å². The Hall–Kier alpha value is -0.700. The standard InChI is InChI=1S/C5H7NO2/c1-8-4-2-3-6-5(4)7/h3-4H,2H2,1H3. The molecule has 0 fully saturated rings. The lowest BCUT2D eigenvalue weighted by Gasteiger charge is -1.99. The fourth-order valence-electron chi connectivity index (χ4n) is 0.619. The summed E-state index contributed by atoms with van der Waals surface area (Å²) in [7, 11) is 1.51. The number of hydrogen-bond donors (Lipinski definition) is 0. The van der Waals surface area contributed by atoms with Crippen LogP contribution >= 0.6 is 0 Å². The van der Waals surface area contributed by atoms with Crippen molar-refractivity contribution in [3.8, 4) is 0 Å². The summed E-state index contributed by atoms with van der Waals surface area (Å²) in [4.78, 5) is 14.0. The maximum atomic E-state index is 10.5. The Morgan fingerprint density at radius 1 is 2.00 bits per heavy atom. The molecule has 1 aliphatic heterocycles. The molecule has 8 heavy (non-hydrogen) atoms. The van der Waals surface area contributed by atoms with E-state index in [9.17, 15) is 4.79 Å². The maximum absolute atomic E-state index is 10.5. The summed E-state index contributed by atoms with van der Waals surface area (Å²) in [6.07, 6.45) is 1.92. The minimum Gasteiger partial charge on any atom is -0.371 e. The van der Waals surface area contributed by atoms with Gasteiger partial charge in [-0.1, -0.05) is 0 Å². The Morgan fingerprint density at radius 3 is 3.00 bits per heavy atom. The zero-order valence-corrected chi connectivity index (χ0v) is 4.63. The lowest BCUT2D eigenvalue weighted by atomic mass is 10.3. The molecule has 0 aromatic rings. The third-order valence-electron chi connectivity index (χ3n) is 1.10. The average molecular weight is 113 g/mol. The highest BCUT2D eigenvalue weighted by Crippen LogP contribution is 2.03. The van der Waals surface area contributed by atoms with Crippen molar-refractivity contribution in [3.05, 3.63) is 0 Å². The van der Waals surface area contributed by atoms with Crippen molar-refractivity contribution in [2.24, 2.45) is 4.99 Å². The van der Waals surface area contributed by atoms with Crippen LogP contribution in [-0.2, 0) is 9.53 Å². The van der Waals surface area contributed by atoms with Gasteiger partial charge in [0.1, 0.15) is 6.10 Å². The topological polar surface area (TPSA) is 38.7 Å². The third-order valence-corrected chi connectivity index (χ3v) is 1.10. The molecule has 0 aromatic carbocycles. The van der Waals surface area contributed by atoms with Crippen molar-refractivity contribution in [2.75, 3.05) is 7.11 Å². The molecule has 0 saturated carbocycles. The van der Waals surface area contributed by atoms with Crippen LogP contribution in [0, 0.1) is 0 Å². The monoisotopic (exact) mass is 113 g/mol. The van der Waals surface area contributed by atoms with Gasteiger partial charge in [0, 0.05) is 19.7 Å². The second-order valence-electron chi connectivity index (χ2n) is 1.61. The molecule has 3 nitrogen and oxygen atoms in total. The summed E-state index contributed by atoms with van der Waals surface area (Å²) < 4.78 is 4.75. The van der Waals surface area contributed by atoms with Gasteiger partial charge in [-0.2, -0.15) is 0 Å². The second kappa shape index (κ2) is 2.05. The molecule has 1 aliphatic rings. The van der Waals surface area contributed by atoms with Gasteiger partial charge in [-0.3, -0.25) is 4.79 Å². The number of hydrogen-bond acceptors (Lipinski definition) is 2. The van der Waals surface area contributed by atoms with Crippen LogP contribution in [0.5, 0.6) is 0 Å². The lowest BCUT2D eigenvalue weighted by Crippen LogP contribution is -2.15. The number of rotatable bonds is 1. The van der Waals surface area contributed by atoms with Crippen LogP contribution in [-0.4, -0.2) is 25.3 Å². The van der Waals surface area contributed by atoms with Crippen molar-refractivity contribution in [3.63, 3.8) is 0 Å². The molecule has 1 rings (SSSR count). The van der Waals surface area contributed by atoms with E-state index in [1.807, 2.05) is 0 Å². The summed E-state index contributed by atoms with van der Waals surface area (Å²) in [5, 5.41) is 0. The summed E-state index contributed by atoms with van der Waals surface area (Å²) in [5.74, 6) is -0.160. The van der Waals surface area contributed by atoms with E-state index in [2.05, 4.69) is 4.99 Å². The van der Waals surface area contributed by atoms with Crippen LogP contribution in [0.4, 0.5) is 0 Å². The van der Waals surface area contributed by atoms with E-state index in [4.69, 9.17) is 4.74 Å². The highest BCUT2D eigenvalue weighted by molar-refractivity contribution is 5.95. The number of methoxy groups -OCH3 is 1. The number of carbonyl (C=O) groups excluding carboxylic acids is 1. The van der Waals surface area contributed by atoms with E-state index in [-0.39, 0.29) is 12.0 Å². The molecule has 0 N–H and O–H groups in total. The first-order valence-electron chi connectivity index (χ1n) is 2.44. The molecular weight excluding hydrogens is 106 g/mol. The van der Waals surface area contributed by atoms with E-state index in [0.717, 1.165) is 0 Å². The van der Waals surface area contributed by atoms with Gasteiger partial charge in [0.25, 0.3) is 5.91 Å². The number of aliphatic imine (C=N–C) groups is 1. The predicted molar refractivity (Wildman–Crippen MR) is 28.9 cm³/mol. The number of amides is 1. The minimum atomic E-state index is -0.296. The highest BCUT2D eigenvalue weighted by Gasteiger charge is 2.19. The molecule has 1 heterocycles. The normalized spacial score (nSPS) is 27.1. The summed E-state index contributed by atoms with van der Waals surface area (Å²) >= 11 is 0. The van der Waals surface area contributed by atoms with Gasteiger partial charge in [0.15, 0.2) is 0 Å². The molecule has 3 heteroatoms. The molecule has 0 aliphatic carbocycles. The molecule has 0 aromatic heterocycles. The number of ether oxygens (including phenoxy) is 1. The zero-order chi connectivity index (χ0) is 5.98. The number of nitrogens with zero attached hydrogens (tertiary/aromatic N) is 1. The smallest absolute Gasteiger partial charge is 0.274 e. The fourth-order valence-corrected chi connectivity index (χ4v) is 0.619. The first kappa shape index (κ1) is 5.44. The Bertz CT molecular complexity index is 130. The first-order chi connectivity index (χ1) is 3.84. The third kappa shape index (κ3) is 0.767. The zero-order valence-electron chi connectivity index (χ0n) is 4.63. The van der Waals surface area contributed by atoms with Crippen LogP contribution in [0.15, 0.2) is 4.99 Å². The summed E-state index contributed by atoms with van der Waals surface area (Å²) in [6, 6.07) is 0. The van der Waals surface area contributed by atoms with E-state index in [0.29, 0.717) is 6.42 Å². The minimum absolute atomic E-state index is 0.160. The van der Waals surface area contributed by atoms with Crippen molar-refractivity contribution in [1.82, 2.24) is 0 Å². The van der Waals surface area contributed by atoms with Crippen LogP contribution < -0.4 is 0 Å². The molecule has 1 unspecified atom stereocenters. The molecule has 1 amide bonds. The van der Waals surface area contributed by atoms with E-state index in [1.54, 1.807) is 6.21 Å². The molecule has 0 bridgehead atoms. The summed E-state index contributed by atoms with van der Waals surface area (Å²) in [5.41, 5.74) is 0. The SMILES string of the molecule is COC1CC=NC1=O. The Balaban J connectivity index is 2.51. The predicted octanol–water partition coefficient (Wildman–Crippen LogP) is 0.00250. The van der Waals surface area contributed by atoms with Crippen molar-refractivity contribution in [2.45, 2.75) is 12.5 Å². The quantitative estimate of drug-likeness (QED) is 0.480. The number of carbonyl (C=O) groups is 1. The van der Waals surface area contributed by atoms with Crippen LogP contribution in [0.1, 0.15) is 6.42 Å². The van der Waals surface area contributed by atoms with Crippen LogP contribution in [0.3, 0.4) is 0 Å². The highest BCUT2D eigenvalue weighted by atomic mass is 16.5. The first-order valence-corrected chi connectivity index (χ1v) is 2.44. The van der Waals surface area contributed by atoms with Crippen LogP contribution in [0.2, 0.25) is 0 Å². The molecular formula is C5H7NO2.